The van der Waals surface area contributed by atoms with Crippen molar-refractivity contribution < 1.29 is 24.5 Å². The average molecular weight is 366 g/mol. The molecule has 2 bridgehead atoms. The lowest BCUT2D eigenvalue weighted by molar-refractivity contribution is -0.168. The second-order valence-electron chi connectivity index (χ2n) is 8.43. The Morgan fingerprint density at radius 3 is 2.58 bits per heavy atom. The van der Waals surface area contributed by atoms with E-state index in [0.29, 0.717) is 44.1 Å². The summed E-state index contributed by atoms with van der Waals surface area (Å²) in [4.78, 5) is 12.6. The minimum atomic E-state index is -1.11. The standard InChI is InChI=1S/C21H34O5/c1-14(2)16-9-8-15-7-6-11-21(4,26-19(15)23)17(22)10-12-20(3,24)18(13-16)25-5/h7,13-14,17-18,22,24H,6,8-12H2,1-5H3. The van der Waals surface area contributed by atoms with Crippen molar-refractivity contribution in [3.05, 3.63) is 23.3 Å². The van der Waals surface area contributed by atoms with Crippen LogP contribution in [-0.4, -0.2) is 46.7 Å². The minimum Gasteiger partial charge on any atom is -0.453 e. The third-order valence-electron chi connectivity index (χ3n) is 5.91. The Balaban J connectivity index is 2.41. The molecule has 26 heavy (non-hydrogen) atoms. The van der Waals surface area contributed by atoms with E-state index in [1.54, 1.807) is 21.0 Å². The summed E-state index contributed by atoms with van der Waals surface area (Å²) in [6.07, 6.45) is 5.90. The van der Waals surface area contributed by atoms with Gasteiger partial charge in [0.2, 0.25) is 0 Å². The molecule has 0 aromatic rings. The van der Waals surface area contributed by atoms with Crippen molar-refractivity contribution in [1.29, 1.82) is 0 Å². The second kappa shape index (κ2) is 8.24. The number of ether oxygens (including phenoxy) is 2. The van der Waals surface area contributed by atoms with Crippen molar-refractivity contribution in [2.24, 2.45) is 5.92 Å². The highest BCUT2D eigenvalue weighted by Gasteiger charge is 2.41. The van der Waals surface area contributed by atoms with Gasteiger partial charge in [-0.15, -0.1) is 0 Å². The van der Waals surface area contributed by atoms with Crippen LogP contribution in [0.1, 0.15) is 66.2 Å². The number of aliphatic hydroxyl groups is 2. The van der Waals surface area contributed by atoms with E-state index in [1.807, 2.05) is 12.2 Å². The van der Waals surface area contributed by atoms with E-state index in [0.717, 1.165) is 5.57 Å². The number of methoxy groups -OCH3 is 1. The van der Waals surface area contributed by atoms with Crippen molar-refractivity contribution in [2.75, 3.05) is 7.11 Å². The Hall–Kier alpha value is -1.17. The molecular formula is C21H34O5. The van der Waals surface area contributed by atoms with Crippen LogP contribution >= 0.6 is 0 Å². The Morgan fingerprint density at radius 1 is 1.27 bits per heavy atom. The molecule has 4 unspecified atom stereocenters. The van der Waals surface area contributed by atoms with Gasteiger partial charge in [-0.25, -0.2) is 4.79 Å². The molecule has 2 heterocycles. The second-order valence-corrected chi connectivity index (χ2v) is 8.43. The summed E-state index contributed by atoms with van der Waals surface area (Å²) in [6.45, 7) is 7.73. The topological polar surface area (TPSA) is 76.0 Å². The van der Waals surface area contributed by atoms with Gasteiger partial charge < -0.3 is 19.7 Å². The number of fused-ring (bicyclic) bond motifs is 3. The quantitative estimate of drug-likeness (QED) is 0.579. The molecule has 0 spiro atoms. The lowest BCUT2D eigenvalue weighted by Crippen LogP contribution is -2.46. The number of carbonyl (C=O) groups excluding carboxylic acids is 1. The first-order valence-electron chi connectivity index (χ1n) is 9.65. The summed E-state index contributed by atoms with van der Waals surface area (Å²) in [5, 5.41) is 21.7. The fourth-order valence-electron chi connectivity index (χ4n) is 3.80. The van der Waals surface area contributed by atoms with E-state index in [-0.39, 0.29) is 11.9 Å². The van der Waals surface area contributed by atoms with E-state index in [4.69, 9.17) is 9.47 Å². The Labute approximate surface area is 157 Å². The molecule has 0 radical (unpaired) electrons. The monoisotopic (exact) mass is 366 g/mol. The molecule has 2 aliphatic rings. The predicted molar refractivity (Wildman–Crippen MR) is 101 cm³/mol. The van der Waals surface area contributed by atoms with Gasteiger partial charge in [-0.2, -0.15) is 0 Å². The zero-order chi connectivity index (χ0) is 19.5. The maximum atomic E-state index is 12.6. The maximum absolute atomic E-state index is 12.6. The molecule has 0 amide bonds. The zero-order valence-corrected chi connectivity index (χ0v) is 16.7. The number of allylic oxidation sites excluding steroid dienone is 2. The summed E-state index contributed by atoms with van der Waals surface area (Å²) >= 11 is 0. The normalized spacial score (nSPS) is 37.0. The fraction of sp³-hybridized carbons (Fsp3) is 0.762. The molecular weight excluding hydrogens is 332 g/mol. The summed E-state index contributed by atoms with van der Waals surface area (Å²) < 4.78 is 11.3. The average Bonchev–Trinajstić information content (AvgIpc) is 2.70. The molecule has 0 fully saturated rings. The van der Waals surface area contributed by atoms with Gasteiger partial charge >= 0.3 is 5.97 Å². The van der Waals surface area contributed by atoms with Gasteiger partial charge in [-0.05, 0) is 58.3 Å². The third-order valence-corrected chi connectivity index (χ3v) is 5.91. The smallest absolute Gasteiger partial charge is 0.334 e. The molecule has 2 rings (SSSR count). The lowest BCUT2D eigenvalue weighted by Gasteiger charge is -2.36. The van der Waals surface area contributed by atoms with E-state index in [1.165, 1.54) is 0 Å². The van der Waals surface area contributed by atoms with Crippen LogP contribution < -0.4 is 0 Å². The first-order valence-corrected chi connectivity index (χ1v) is 9.65. The van der Waals surface area contributed by atoms with Crippen molar-refractivity contribution in [3.63, 3.8) is 0 Å². The summed E-state index contributed by atoms with van der Waals surface area (Å²) in [6, 6.07) is 0. The molecule has 0 aromatic heterocycles. The van der Waals surface area contributed by atoms with Crippen molar-refractivity contribution in [2.45, 2.75) is 89.6 Å². The van der Waals surface area contributed by atoms with Crippen LogP contribution in [0.5, 0.6) is 0 Å². The molecule has 0 saturated carbocycles. The third kappa shape index (κ3) is 4.76. The Kier molecular flexibility index (Phi) is 6.70. The van der Waals surface area contributed by atoms with E-state index in [2.05, 4.69) is 13.8 Å². The number of esters is 1. The van der Waals surface area contributed by atoms with Crippen molar-refractivity contribution in [1.82, 2.24) is 0 Å². The first kappa shape index (κ1) is 21.1. The predicted octanol–water partition coefficient (Wildman–Crippen LogP) is 3.29. The van der Waals surface area contributed by atoms with Crippen LogP contribution in [0.4, 0.5) is 0 Å². The number of aliphatic hydroxyl groups excluding tert-OH is 1. The van der Waals surface area contributed by atoms with E-state index >= 15 is 0 Å². The summed E-state index contributed by atoms with van der Waals surface area (Å²) in [5.41, 5.74) is -0.224. The highest BCUT2D eigenvalue weighted by atomic mass is 16.6. The molecule has 0 aliphatic carbocycles. The van der Waals surface area contributed by atoms with Crippen LogP contribution in [0, 0.1) is 5.92 Å². The number of hydrogen-bond acceptors (Lipinski definition) is 5. The van der Waals surface area contributed by atoms with Crippen LogP contribution in [-0.2, 0) is 14.3 Å². The van der Waals surface area contributed by atoms with Crippen LogP contribution in [0.25, 0.3) is 0 Å². The van der Waals surface area contributed by atoms with E-state index in [9.17, 15) is 15.0 Å². The van der Waals surface area contributed by atoms with Crippen LogP contribution in [0.3, 0.4) is 0 Å². The molecule has 2 aliphatic heterocycles. The molecule has 2 N–H and O–H groups in total. The van der Waals surface area contributed by atoms with Gasteiger partial charge in [0.05, 0.1) is 11.7 Å². The van der Waals surface area contributed by atoms with Crippen LogP contribution in [0.15, 0.2) is 23.3 Å². The molecule has 5 heteroatoms. The first-order chi connectivity index (χ1) is 12.1. The number of carbonyl (C=O) groups is 1. The van der Waals surface area contributed by atoms with Gasteiger partial charge in [0, 0.05) is 12.7 Å². The van der Waals surface area contributed by atoms with Crippen LogP contribution in [0.2, 0.25) is 0 Å². The number of rotatable bonds is 2. The highest BCUT2D eigenvalue weighted by molar-refractivity contribution is 5.89. The summed E-state index contributed by atoms with van der Waals surface area (Å²) in [7, 11) is 1.59. The van der Waals surface area contributed by atoms with Gasteiger partial charge in [-0.3, -0.25) is 0 Å². The summed E-state index contributed by atoms with van der Waals surface area (Å²) in [5.74, 6) is -0.0479. The highest BCUT2D eigenvalue weighted by Crippen LogP contribution is 2.34. The molecule has 148 valence electrons. The molecule has 5 nitrogen and oxygen atoms in total. The Bertz CT molecular complexity index is 575. The SMILES string of the molecule is COC1C=C(C(C)C)CCC2=CCCC(C)(OC2=O)C(O)CCC1(C)O. The zero-order valence-electron chi connectivity index (χ0n) is 16.7. The Morgan fingerprint density at radius 2 is 1.96 bits per heavy atom. The molecule has 4 atom stereocenters. The maximum Gasteiger partial charge on any atom is 0.334 e. The van der Waals surface area contributed by atoms with E-state index < -0.39 is 23.4 Å². The van der Waals surface area contributed by atoms with Gasteiger partial charge in [0.1, 0.15) is 11.7 Å². The lowest BCUT2D eigenvalue weighted by atomic mass is 9.83. The fourth-order valence-corrected chi connectivity index (χ4v) is 3.80. The van der Waals surface area contributed by atoms with Gasteiger partial charge in [0.15, 0.2) is 0 Å². The van der Waals surface area contributed by atoms with Crippen molar-refractivity contribution >= 4 is 5.97 Å². The number of hydrogen-bond donors (Lipinski definition) is 2. The molecule has 0 saturated heterocycles. The van der Waals surface area contributed by atoms with Crippen molar-refractivity contribution in [3.8, 4) is 0 Å². The largest absolute Gasteiger partial charge is 0.453 e. The van der Waals surface area contributed by atoms with Gasteiger partial charge in [0.25, 0.3) is 0 Å². The minimum absolute atomic E-state index is 0.284. The van der Waals surface area contributed by atoms with Gasteiger partial charge in [-0.1, -0.05) is 31.6 Å². The molecule has 0 aromatic carbocycles.